The molecule has 0 saturated heterocycles. The normalized spacial score (nSPS) is 10.9. The second kappa shape index (κ2) is 2.86. The largest absolute Gasteiger partial charge is 0.332 e. The lowest BCUT2D eigenvalue weighted by Crippen LogP contribution is -2.23. The Morgan fingerprint density at radius 1 is 1.55 bits per heavy atom. The van der Waals surface area contributed by atoms with Crippen molar-refractivity contribution in [2.45, 2.75) is 20.0 Å². The zero-order chi connectivity index (χ0) is 8.43. The number of hydrogen-bond donors (Lipinski definition) is 0. The molecule has 0 saturated carbocycles. The maximum absolute atomic E-state index is 11.9. The Labute approximate surface area is 61.9 Å². The SMILES string of the molecule is CCn1ccn(C(F)F)c1=O. The molecule has 5 heteroatoms. The minimum absolute atomic E-state index is 0.392. The molecular formula is C6H8F2N2O. The lowest BCUT2D eigenvalue weighted by Gasteiger charge is -1.96. The molecule has 0 N–H and O–H groups in total. The van der Waals surface area contributed by atoms with E-state index in [1.165, 1.54) is 10.8 Å². The highest BCUT2D eigenvalue weighted by atomic mass is 19.3. The van der Waals surface area contributed by atoms with Crippen molar-refractivity contribution in [3.63, 3.8) is 0 Å². The highest BCUT2D eigenvalue weighted by Gasteiger charge is 2.09. The average Bonchev–Trinajstić information content (AvgIpc) is 2.30. The second-order valence-electron chi connectivity index (χ2n) is 2.05. The highest BCUT2D eigenvalue weighted by Crippen LogP contribution is 2.04. The number of imidazole rings is 1. The van der Waals surface area contributed by atoms with Gasteiger partial charge >= 0.3 is 12.2 Å². The first-order chi connectivity index (χ1) is 5.16. The molecule has 1 aromatic rings. The molecule has 0 aliphatic heterocycles. The minimum atomic E-state index is -2.74. The van der Waals surface area contributed by atoms with Crippen LogP contribution in [0.1, 0.15) is 13.5 Å². The van der Waals surface area contributed by atoms with E-state index in [0.717, 1.165) is 6.20 Å². The van der Waals surface area contributed by atoms with Crippen LogP contribution in [0.5, 0.6) is 0 Å². The first-order valence-electron chi connectivity index (χ1n) is 3.22. The summed E-state index contributed by atoms with van der Waals surface area (Å²) in [5.41, 5.74) is -0.664. The Kier molecular flexibility index (Phi) is 2.07. The van der Waals surface area contributed by atoms with Crippen LogP contribution >= 0.6 is 0 Å². The smallest absolute Gasteiger partial charge is 0.299 e. The third-order valence-corrected chi connectivity index (χ3v) is 1.42. The van der Waals surface area contributed by atoms with Gasteiger partial charge in [0.1, 0.15) is 0 Å². The Morgan fingerprint density at radius 3 is 2.45 bits per heavy atom. The zero-order valence-corrected chi connectivity index (χ0v) is 6.00. The van der Waals surface area contributed by atoms with Crippen LogP contribution in [0.15, 0.2) is 17.2 Å². The van der Waals surface area contributed by atoms with Gasteiger partial charge in [0.25, 0.3) is 0 Å². The minimum Gasteiger partial charge on any atom is -0.299 e. The molecule has 1 aromatic heterocycles. The molecule has 62 valence electrons. The summed E-state index contributed by atoms with van der Waals surface area (Å²) in [6.45, 7) is -0.606. The average molecular weight is 162 g/mol. The first kappa shape index (κ1) is 7.97. The van der Waals surface area contributed by atoms with Gasteiger partial charge in [-0.1, -0.05) is 0 Å². The van der Waals surface area contributed by atoms with Gasteiger partial charge in [-0.3, -0.25) is 4.57 Å². The fourth-order valence-electron chi connectivity index (χ4n) is 0.817. The first-order valence-corrected chi connectivity index (χ1v) is 3.22. The van der Waals surface area contributed by atoms with E-state index in [1.807, 2.05) is 0 Å². The van der Waals surface area contributed by atoms with Crippen molar-refractivity contribution in [2.24, 2.45) is 0 Å². The fraction of sp³-hybridized carbons (Fsp3) is 0.500. The third-order valence-electron chi connectivity index (χ3n) is 1.42. The molecule has 0 unspecified atom stereocenters. The van der Waals surface area contributed by atoms with Crippen molar-refractivity contribution >= 4 is 0 Å². The molecule has 1 heterocycles. The van der Waals surface area contributed by atoms with Gasteiger partial charge in [-0.15, -0.1) is 0 Å². The van der Waals surface area contributed by atoms with Crippen LogP contribution in [0.3, 0.4) is 0 Å². The summed E-state index contributed by atoms with van der Waals surface area (Å²) in [6, 6.07) is 0. The van der Waals surface area contributed by atoms with Crippen LogP contribution in [-0.4, -0.2) is 9.13 Å². The standard InChI is InChI=1S/C6H8F2N2O/c1-2-9-3-4-10(5(7)8)6(9)11/h3-5H,2H2,1H3. The molecule has 0 aromatic carbocycles. The maximum atomic E-state index is 11.9. The van der Waals surface area contributed by atoms with Gasteiger partial charge in [0.2, 0.25) is 0 Å². The van der Waals surface area contributed by atoms with Crippen molar-refractivity contribution in [1.82, 2.24) is 9.13 Å². The van der Waals surface area contributed by atoms with Crippen LogP contribution in [0.2, 0.25) is 0 Å². The second-order valence-corrected chi connectivity index (χ2v) is 2.05. The molecule has 0 aliphatic carbocycles. The molecule has 0 atom stereocenters. The van der Waals surface area contributed by atoms with Crippen LogP contribution in [0, 0.1) is 0 Å². The van der Waals surface area contributed by atoms with E-state index in [9.17, 15) is 13.6 Å². The van der Waals surface area contributed by atoms with Crippen LogP contribution in [0.4, 0.5) is 8.78 Å². The number of rotatable bonds is 2. The van der Waals surface area contributed by atoms with Crippen LogP contribution in [0.25, 0.3) is 0 Å². The van der Waals surface area contributed by atoms with Crippen LogP contribution in [-0.2, 0) is 6.54 Å². The summed E-state index contributed by atoms with van der Waals surface area (Å²) >= 11 is 0. The molecule has 1 rings (SSSR count). The summed E-state index contributed by atoms with van der Waals surface area (Å²) in [7, 11) is 0. The monoisotopic (exact) mass is 162 g/mol. The van der Waals surface area contributed by atoms with Gasteiger partial charge in [0.05, 0.1) is 0 Å². The molecule has 0 fully saturated rings. The molecule has 11 heavy (non-hydrogen) atoms. The van der Waals surface area contributed by atoms with E-state index in [2.05, 4.69) is 0 Å². The van der Waals surface area contributed by atoms with Crippen LogP contribution < -0.4 is 5.69 Å². The summed E-state index contributed by atoms with van der Waals surface area (Å²) in [4.78, 5) is 10.9. The van der Waals surface area contributed by atoms with E-state index in [0.29, 0.717) is 11.1 Å². The zero-order valence-electron chi connectivity index (χ0n) is 6.00. The van der Waals surface area contributed by atoms with Gasteiger partial charge in [0.15, 0.2) is 0 Å². The Morgan fingerprint density at radius 2 is 2.18 bits per heavy atom. The Balaban J connectivity index is 3.11. The maximum Gasteiger partial charge on any atom is 0.332 e. The van der Waals surface area contributed by atoms with Crippen molar-refractivity contribution in [1.29, 1.82) is 0 Å². The summed E-state index contributed by atoms with van der Waals surface area (Å²) < 4.78 is 25.5. The third kappa shape index (κ3) is 1.31. The lowest BCUT2D eigenvalue weighted by atomic mass is 10.7. The van der Waals surface area contributed by atoms with Gasteiger partial charge in [0, 0.05) is 18.9 Å². The van der Waals surface area contributed by atoms with Crippen molar-refractivity contribution in [3.05, 3.63) is 22.9 Å². The molecule has 0 spiro atoms. The number of aryl methyl sites for hydroxylation is 1. The summed E-state index contributed by atoms with van der Waals surface area (Å²) in [5, 5.41) is 0. The number of hydrogen-bond acceptors (Lipinski definition) is 1. The molecule has 0 radical (unpaired) electrons. The Hall–Kier alpha value is -1.13. The van der Waals surface area contributed by atoms with Gasteiger partial charge in [-0.25, -0.2) is 9.36 Å². The number of alkyl halides is 2. The topological polar surface area (TPSA) is 26.9 Å². The fourth-order valence-corrected chi connectivity index (χ4v) is 0.817. The summed E-state index contributed by atoms with van der Waals surface area (Å²) in [5.74, 6) is 0. The number of aromatic nitrogens is 2. The molecule has 0 aliphatic rings. The Bertz CT molecular complexity index is 289. The highest BCUT2D eigenvalue weighted by molar-refractivity contribution is 4.80. The lowest BCUT2D eigenvalue weighted by molar-refractivity contribution is 0.0659. The predicted octanol–water partition coefficient (Wildman–Crippen LogP) is 1.06. The van der Waals surface area contributed by atoms with Gasteiger partial charge < -0.3 is 0 Å². The van der Waals surface area contributed by atoms with Crippen molar-refractivity contribution < 1.29 is 8.78 Å². The van der Waals surface area contributed by atoms with Gasteiger partial charge in [-0.2, -0.15) is 8.78 Å². The van der Waals surface area contributed by atoms with Gasteiger partial charge in [-0.05, 0) is 6.92 Å². The van der Waals surface area contributed by atoms with E-state index in [-0.39, 0.29) is 0 Å². The van der Waals surface area contributed by atoms with Crippen molar-refractivity contribution in [3.8, 4) is 0 Å². The van der Waals surface area contributed by atoms with Crippen molar-refractivity contribution in [2.75, 3.05) is 0 Å². The van der Waals surface area contributed by atoms with E-state index in [1.54, 1.807) is 6.92 Å². The number of nitrogens with zero attached hydrogens (tertiary/aromatic N) is 2. The number of halogens is 2. The molecule has 0 bridgehead atoms. The van der Waals surface area contributed by atoms with E-state index < -0.39 is 12.2 Å². The van der Waals surface area contributed by atoms with E-state index in [4.69, 9.17) is 0 Å². The quantitative estimate of drug-likeness (QED) is 0.638. The predicted molar refractivity (Wildman–Crippen MR) is 35.6 cm³/mol. The molecule has 3 nitrogen and oxygen atoms in total. The summed E-state index contributed by atoms with van der Waals surface area (Å²) in [6.07, 6.45) is 2.42. The molecular weight excluding hydrogens is 154 g/mol. The van der Waals surface area contributed by atoms with E-state index >= 15 is 0 Å². The molecule has 0 amide bonds.